The average Bonchev–Trinajstić information content (AvgIpc) is 3.10. The Kier molecular flexibility index (Phi) is 15.5. The van der Waals surface area contributed by atoms with Crippen LogP contribution in [0.25, 0.3) is 0 Å². The van der Waals surface area contributed by atoms with Gasteiger partial charge in [-0.15, -0.1) is 11.5 Å². The van der Waals surface area contributed by atoms with Gasteiger partial charge in [-0.2, -0.15) is 0 Å². The molecule has 2 N–H and O–H groups in total. The van der Waals surface area contributed by atoms with E-state index in [2.05, 4.69) is 25.6 Å². The zero-order valence-corrected chi connectivity index (χ0v) is 31.3. The zero-order chi connectivity index (χ0) is 37.3. The van der Waals surface area contributed by atoms with E-state index >= 15 is 0 Å². The van der Waals surface area contributed by atoms with Gasteiger partial charge < -0.3 is 34.1 Å². The number of aliphatic hydroxyl groups excluding tert-OH is 1. The van der Waals surface area contributed by atoms with Crippen LogP contribution in [0.1, 0.15) is 99.3 Å². The lowest BCUT2D eigenvalue weighted by Gasteiger charge is -2.47. The van der Waals surface area contributed by atoms with E-state index in [1.165, 1.54) is 19.1 Å². The van der Waals surface area contributed by atoms with Gasteiger partial charge in [-0.25, -0.2) is 4.79 Å². The number of methoxy groups -OCH3 is 2. The van der Waals surface area contributed by atoms with Crippen LogP contribution in [0.5, 0.6) is 0 Å². The Balaban J connectivity index is 2.13. The van der Waals surface area contributed by atoms with E-state index in [0.29, 0.717) is 37.7 Å². The number of Topliss-reactive ketones (excluding diaryl/α,β-unsaturated/α-hetero) is 1. The predicted molar refractivity (Wildman–Crippen MR) is 188 cm³/mol. The van der Waals surface area contributed by atoms with Gasteiger partial charge in [0.25, 0.3) is 11.7 Å². The third kappa shape index (κ3) is 9.56. The first-order chi connectivity index (χ1) is 23.7. The molecule has 11 atom stereocenters. The van der Waals surface area contributed by atoms with E-state index in [-0.39, 0.29) is 43.3 Å². The van der Waals surface area contributed by atoms with Gasteiger partial charge in [0.15, 0.2) is 0 Å². The van der Waals surface area contributed by atoms with Gasteiger partial charge in [-0.1, -0.05) is 39.8 Å². The Hall–Kier alpha value is -2.77. The van der Waals surface area contributed by atoms with Crippen molar-refractivity contribution in [1.29, 1.82) is 0 Å². The molecular formula is C38H60N2O10. The molecule has 3 heterocycles. The number of aliphatic hydroxyl groups is 2. The van der Waals surface area contributed by atoms with Crippen LogP contribution in [0.15, 0.2) is 40.8 Å². The zero-order valence-electron chi connectivity index (χ0n) is 31.3. The van der Waals surface area contributed by atoms with Crippen molar-refractivity contribution in [2.24, 2.45) is 28.8 Å². The highest BCUT2D eigenvalue weighted by atomic mass is 16.7. The first kappa shape index (κ1) is 41.6. The summed E-state index contributed by atoms with van der Waals surface area (Å²) in [6.07, 6.45) is 3.39. The van der Waals surface area contributed by atoms with Gasteiger partial charge in [0, 0.05) is 39.0 Å². The smallest absolute Gasteiger partial charge is 0.329 e. The van der Waals surface area contributed by atoms with E-state index in [4.69, 9.17) is 18.9 Å². The number of ether oxygens (including phenoxy) is 4. The molecule has 3 aliphatic rings. The molecule has 2 saturated heterocycles. The van der Waals surface area contributed by atoms with Crippen molar-refractivity contribution >= 4 is 17.7 Å². The normalized spacial score (nSPS) is 39.2. The van der Waals surface area contributed by atoms with Gasteiger partial charge in [-0.3, -0.25) is 9.59 Å². The summed E-state index contributed by atoms with van der Waals surface area (Å²) in [5.74, 6) is -6.62. The number of nitrogens with zero attached hydrogens (tertiary/aromatic N) is 2. The Morgan fingerprint density at radius 1 is 1.04 bits per heavy atom. The number of hydrogen-bond donors (Lipinski definition) is 2. The van der Waals surface area contributed by atoms with Crippen LogP contribution in [-0.2, 0) is 33.3 Å². The van der Waals surface area contributed by atoms with Crippen molar-refractivity contribution in [3.63, 3.8) is 0 Å². The van der Waals surface area contributed by atoms with Crippen LogP contribution < -0.4 is 0 Å². The van der Waals surface area contributed by atoms with E-state index in [9.17, 15) is 29.5 Å². The molecular weight excluding hydrogens is 644 g/mol. The van der Waals surface area contributed by atoms with E-state index in [1.807, 2.05) is 0 Å². The standard InChI is InChI=1S/C38H60N2O10/c1-10-14-27-18-22(3)17-23(4)19-31(47-8)34-32(48-9)20-25(6)38(45,50-34)35(42)36(43)40-16-13-12-15-29(40)37(44)49-33(24(5)11-2)26(7)30(41)21-28(27)39-46/h10-11,22-23,25-26,29-34,41,45H,1,12-21H2,2-9H3/b24-11?,28-27+. The Bertz CT molecular complexity index is 1280. The molecule has 282 valence electrons. The first-order valence-corrected chi connectivity index (χ1v) is 18.1. The third-order valence-electron chi connectivity index (χ3n) is 11.0. The molecule has 0 aliphatic carbocycles. The number of cyclic esters (lactones) is 1. The Labute approximate surface area is 297 Å². The highest BCUT2D eigenvalue weighted by Crippen LogP contribution is 2.39. The number of nitroso groups, excluding NO2 is 1. The van der Waals surface area contributed by atoms with E-state index in [1.54, 1.807) is 39.8 Å². The number of allylic oxidation sites excluding steroid dienone is 3. The molecule has 0 saturated carbocycles. The highest BCUT2D eigenvalue weighted by Gasteiger charge is 2.56. The summed E-state index contributed by atoms with van der Waals surface area (Å²) in [4.78, 5) is 55.3. The predicted octanol–water partition coefficient (Wildman–Crippen LogP) is 5.40. The summed E-state index contributed by atoms with van der Waals surface area (Å²) in [7, 11) is 3.07. The van der Waals surface area contributed by atoms with Crippen LogP contribution in [-0.4, -0.2) is 95.9 Å². The summed E-state index contributed by atoms with van der Waals surface area (Å²) < 4.78 is 23.9. The molecule has 3 aliphatic heterocycles. The molecule has 2 fully saturated rings. The molecule has 50 heavy (non-hydrogen) atoms. The number of amides is 1. The minimum atomic E-state index is -2.47. The van der Waals surface area contributed by atoms with E-state index in [0.717, 1.165) is 12.0 Å². The SMILES string of the molecule is C=CC/C1=C(\N=O)CC(O)C(C)C(C(C)=CC)OC(=O)C2CCCCN2C(=O)C(=O)C2(O)OC(C(OC)CC(C)CC(C)C1)C(OC)CC2C. The molecule has 1 amide bonds. The number of ketones is 1. The lowest BCUT2D eigenvalue weighted by atomic mass is 9.81. The molecule has 2 bridgehead atoms. The van der Waals surface area contributed by atoms with E-state index < -0.39 is 71.8 Å². The van der Waals surface area contributed by atoms with Crippen LogP contribution >= 0.6 is 0 Å². The van der Waals surface area contributed by atoms with Crippen LogP contribution in [0.2, 0.25) is 0 Å². The van der Waals surface area contributed by atoms with Crippen molar-refractivity contribution in [3.8, 4) is 0 Å². The number of esters is 1. The number of carbonyl (C=O) groups is 3. The molecule has 11 unspecified atom stereocenters. The lowest BCUT2D eigenvalue weighted by Crippen LogP contribution is -2.64. The maximum absolute atomic E-state index is 14.0. The minimum Gasteiger partial charge on any atom is -0.456 e. The largest absolute Gasteiger partial charge is 0.456 e. The summed E-state index contributed by atoms with van der Waals surface area (Å²) in [6, 6.07) is -1.09. The summed E-state index contributed by atoms with van der Waals surface area (Å²) in [5.41, 5.74) is 1.72. The summed E-state index contributed by atoms with van der Waals surface area (Å²) in [6.45, 7) is 15.1. The van der Waals surface area contributed by atoms with Gasteiger partial charge in [0.2, 0.25) is 5.79 Å². The van der Waals surface area contributed by atoms with Crippen molar-refractivity contribution in [3.05, 3.63) is 40.5 Å². The van der Waals surface area contributed by atoms with Gasteiger partial charge in [0.1, 0.15) is 18.2 Å². The first-order valence-electron chi connectivity index (χ1n) is 18.1. The van der Waals surface area contributed by atoms with Crippen LogP contribution in [0.3, 0.4) is 0 Å². The quantitative estimate of drug-likeness (QED) is 0.159. The number of carbonyl (C=O) groups excluding carboxylic acids is 3. The molecule has 0 spiro atoms. The van der Waals surface area contributed by atoms with Crippen molar-refractivity contribution in [2.75, 3.05) is 20.8 Å². The van der Waals surface area contributed by atoms with Gasteiger partial charge in [-0.05, 0) is 93.4 Å². The lowest BCUT2D eigenvalue weighted by molar-refractivity contribution is -0.302. The molecule has 0 aromatic carbocycles. The average molecular weight is 705 g/mol. The second kappa shape index (κ2) is 18.6. The molecule has 0 aromatic heterocycles. The molecule has 12 heteroatoms. The Morgan fingerprint density at radius 2 is 1.70 bits per heavy atom. The summed E-state index contributed by atoms with van der Waals surface area (Å²) >= 11 is 0. The fraction of sp³-hybridized carbons (Fsp3) is 0.763. The molecule has 12 nitrogen and oxygen atoms in total. The number of rotatable bonds is 6. The maximum Gasteiger partial charge on any atom is 0.329 e. The van der Waals surface area contributed by atoms with Crippen LogP contribution in [0, 0.1) is 28.6 Å². The second-order valence-electron chi connectivity index (χ2n) is 14.8. The fourth-order valence-corrected chi connectivity index (χ4v) is 7.92. The molecule has 0 aromatic rings. The fourth-order valence-electron chi connectivity index (χ4n) is 7.92. The molecule has 3 rings (SSSR count). The number of fused-ring (bicyclic) bond motifs is 3. The van der Waals surface area contributed by atoms with Gasteiger partial charge in [0.05, 0.1) is 24.0 Å². The third-order valence-corrected chi connectivity index (χ3v) is 11.0. The molecule has 0 radical (unpaired) electrons. The van der Waals surface area contributed by atoms with Crippen molar-refractivity contribution < 1.29 is 43.5 Å². The number of hydrogen-bond acceptors (Lipinski definition) is 11. The highest BCUT2D eigenvalue weighted by molar-refractivity contribution is 6.39. The minimum absolute atomic E-state index is 0.0381. The monoisotopic (exact) mass is 704 g/mol. The second-order valence-corrected chi connectivity index (χ2v) is 14.8. The van der Waals surface area contributed by atoms with Crippen molar-refractivity contribution in [1.82, 2.24) is 4.90 Å². The topological polar surface area (TPSA) is 161 Å². The van der Waals surface area contributed by atoms with Crippen LogP contribution in [0.4, 0.5) is 0 Å². The Morgan fingerprint density at radius 3 is 2.30 bits per heavy atom. The van der Waals surface area contributed by atoms with Crippen molar-refractivity contribution in [2.45, 2.75) is 142 Å². The van der Waals surface area contributed by atoms with Gasteiger partial charge >= 0.3 is 5.97 Å². The summed E-state index contributed by atoms with van der Waals surface area (Å²) in [5, 5.41) is 26.7. The maximum atomic E-state index is 14.0. The number of piperidine rings is 1.